The monoisotopic (exact) mass is 317 g/mol. The summed E-state index contributed by atoms with van der Waals surface area (Å²) in [6.07, 6.45) is 1.21. The average Bonchev–Trinajstić information content (AvgIpc) is 2.46. The van der Waals surface area contributed by atoms with E-state index in [2.05, 4.69) is 20.8 Å². The standard InChI is InChI=1S/C15H19N5O3/c1-10-5-7-11(8-6-10)23-14-12(20(21)22)13(16-9-17-14)18-19-15(2,3)4/h5-9,19H,1-4H3,(H,16,17,18). The number of hydrazine groups is 1. The summed E-state index contributed by atoms with van der Waals surface area (Å²) in [6, 6.07) is 7.15. The third kappa shape index (κ3) is 4.62. The number of anilines is 1. The maximum atomic E-state index is 11.4. The first-order chi connectivity index (χ1) is 10.8. The van der Waals surface area contributed by atoms with Crippen molar-refractivity contribution in [3.63, 3.8) is 0 Å². The molecule has 2 rings (SSSR count). The molecule has 2 aromatic rings. The van der Waals surface area contributed by atoms with E-state index in [0.717, 1.165) is 5.56 Å². The van der Waals surface area contributed by atoms with Crippen LogP contribution >= 0.6 is 0 Å². The fourth-order valence-electron chi connectivity index (χ4n) is 1.66. The molecule has 23 heavy (non-hydrogen) atoms. The third-order valence-electron chi connectivity index (χ3n) is 2.76. The first-order valence-corrected chi connectivity index (χ1v) is 7.03. The van der Waals surface area contributed by atoms with Crippen molar-refractivity contribution in [2.45, 2.75) is 33.2 Å². The van der Waals surface area contributed by atoms with Gasteiger partial charge in [0.05, 0.1) is 4.92 Å². The maximum Gasteiger partial charge on any atom is 0.374 e. The number of aryl methyl sites for hydroxylation is 1. The number of hydrogen-bond acceptors (Lipinski definition) is 7. The minimum Gasteiger partial charge on any atom is -0.434 e. The number of aromatic nitrogens is 2. The minimum absolute atomic E-state index is 0.0436. The molecule has 0 aliphatic carbocycles. The highest BCUT2D eigenvalue weighted by molar-refractivity contribution is 5.61. The van der Waals surface area contributed by atoms with Crippen LogP contribution in [-0.2, 0) is 0 Å². The third-order valence-corrected chi connectivity index (χ3v) is 2.76. The molecule has 8 heteroatoms. The first kappa shape index (κ1) is 16.6. The second-order valence-electron chi connectivity index (χ2n) is 6.05. The summed E-state index contributed by atoms with van der Waals surface area (Å²) in [6.45, 7) is 7.68. The Labute approximate surface area is 134 Å². The van der Waals surface area contributed by atoms with Crippen molar-refractivity contribution in [1.29, 1.82) is 0 Å². The van der Waals surface area contributed by atoms with Crippen molar-refractivity contribution in [3.8, 4) is 11.6 Å². The van der Waals surface area contributed by atoms with Gasteiger partial charge in [-0.3, -0.25) is 15.5 Å². The van der Waals surface area contributed by atoms with E-state index in [4.69, 9.17) is 4.74 Å². The van der Waals surface area contributed by atoms with Gasteiger partial charge in [-0.05, 0) is 39.8 Å². The summed E-state index contributed by atoms with van der Waals surface area (Å²) in [4.78, 5) is 18.6. The molecule has 1 heterocycles. The lowest BCUT2D eigenvalue weighted by Gasteiger charge is -2.21. The zero-order valence-corrected chi connectivity index (χ0v) is 13.5. The average molecular weight is 317 g/mol. The van der Waals surface area contributed by atoms with Crippen LogP contribution in [0.15, 0.2) is 30.6 Å². The lowest BCUT2D eigenvalue weighted by Crippen LogP contribution is -2.40. The van der Waals surface area contributed by atoms with Crippen molar-refractivity contribution < 1.29 is 9.66 Å². The van der Waals surface area contributed by atoms with Crippen LogP contribution in [0.1, 0.15) is 26.3 Å². The molecule has 1 aromatic carbocycles. The molecular weight excluding hydrogens is 298 g/mol. The smallest absolute Gasteiger partial charge is 0.374 e. The second-order valence-corrected chi connectivity index (χ2v) is 6.05. The second kappa shape index (κ2) is 6.57. The van der Waals surface area contributed by atoms with Crippen LogP contribution in [-0.4, -0.2) is 20.4 Å². The molecule has 0 fully saturated rings. The molecule has 0 unspecified atom stereocenters. The number of rotatable bonds is 5. The Morgan fingerprint density at radius 1 is 1.17 bits per heavy atom. The van der Waals surface area contributed by atoms with E-state index >= 15 is 0 Å². The predicted octanol–water partition coefficient (Wildman–Crippen LogP) is 3.20. The molecule has 0 aliphatic heterocycles. The Balaban J connectivity index is 2.32. The SMILES string of the molecule is Cc1ccc(Oc2ncnc(NNC(C)(C)C)c2[N+](=O)[O-])cc1. The molecule has 0 saturated carbocycles. The zero-order chi connectivity index (χ0) is 17.0. The molecule has 0 amide bonds. The minimum atomic E-state index is -0.573. The molecule has 0 aliphatic rings. The largest absolute Gasteiger partial charge is 0.434 e. The van der Waals surface area contributed by atoms with E-state index in [1.807, 2.05) is 39.8 Å². The Morgan fingerprint density at radius 3 is 2.39 bits per heavy atom. The fraction of sp³-hybridized carbons (Fsp3) is 0.333. The Bertz CT molecular complexity index is 695. The maximum absolute atomic E-state index is 11.4. The van der Waals surface area contributed by atoms with Crippen molar-refractivity contribution >= 4 is 11.5 Å². The van der Waals surface area contributed by atoms with Crippen molar-refractivity contribution in [2.24, 2.45) is 0 Å². The van der Waals surface area contributed by atoms with Gasteiger partial charge in [0.15, 0.2) is 0 Å². The Hall–Kier alpha value is -2.74. The van der Waals surface area contributed by atoms with Crippen LogP contribution in [0.5, 0.6) is 11.6 Å². The number of nitrogens with zero attached hydrogens (tertiary/aromatic N) is 3. The van der Waals surface area contributed by atoms with Gasteiger partial charge in [0.1, 0.15) is 12.1 Å². The van der Waals surface area contributed by atoms with E-state index in [9.17, 15) is 10.1 Å². The van der Waals surface area contributed by atoms with Gasteiger partial charge in [0, 0.05) is 5.54 Å². The van der Waals surface area contributed by atoms with Crippen LogP contribution in [0, 0.1) is 17.0 Å². The van der Waals surface area contributed by atoms with E-state index < -0.39 is 4.92 Å². The lowest BCUT2D eigenvalue weighted by molar-refractivity contribution is -0.385. The summed E-state index contributed by atoms with van der Waals surface area (Å²) < 4.78 is 5.54. The van der Waals surface area contributed by atoms with Gasteiger partial charge in [-0.2, -0.15) is 4.98 Å². The number of hydrogen-bond donors (Lipinski definition) is 2. The number of nitrogens with one attached hydrogen (secondary N) is 2. The van der Waals surface area contributed by atoms with Gasteiger partial charge in [-0.15, -0.1) is 0 Å². The van der Waals surface area contributed by atoms with Crippen molar-refractivity contribution in [1.82, 2.24) is 15.4 Å². The molecule has 2 N–H and O–H groups in total. The zero-order valence-electron chi connectivity index (χ0n) is 13.5. The highest BCUT2D eigenvalue weighted by atomic mass is 16.6. The molecular formula is C15H19N5O3. The van der Waals surface area contributed by atoms with Crippen LogP contribution in [0.3, 0.4) is 0 Å². The molecule has 1 aromatic heterocycles. The quantitative estimate of drug-likeness (QED) is 0.644. The fourth-order valence-corrected chi connectivity index (χ4v) is 1.66. The molecule has 8 nitrogen and oxygen atoms in total. The van der Waals surface area contributed by atoms with Gasteiger partial charge in [0.25, 0.3) is 0 Å². The predicted molar refractivity (Wildman–Crippen MR) is 86.5 cm³/mol. The molecule has 0 bridgehead atoms. The molecule has 122 valence electrons. The van der Waals surface area contributed by atoms with Gasteiger partial charge < -0.3 is 4.74 Å². The van der Waals surface area contributed by atoms with E-state index in [-0.39, 0.29) is 22.9 Å². The Morgan fingerprint density at radius 2 is 1.83 bits per heavy atom. The van der Waals surface area contributed by atoms with Gasteiger partial charge in [0.2, 0.25) is 5.82 Å². The van der Waals surface area contributed by atoms with Crippen LogP contribution in [0.2, 0.25) is 0 Å². The van der Waals surface area contributed by atoms with Crippen LogP contribution < -0.4 is 15.6 Å². The number of ether oxygens (including phenoxy) is 1. The van der Waals surface area contributed by atoms with Crippen LogP contribution in [0.4, 0.5) is 11.5 Å². The lowest BCUT2D eigenvalue weighted by atomic mass is 10.1. The first-order valence-electron chi connectivity index (χ1n) is 7.03. The van der Waals surface area contributed by atoms with E-state index in [1.165, 1.54) is 6.33 Å². The molecule has 0 radical (unpaired) electrons. The topological polar surface area (TPSA) is 102 Å². The van der Waals surface area contributed by atoms with Crippen molar-refractivity contribution in [2.75, 3.05) is 5.43 Å². The van der Waals surface area contributed by atoms with E-state index in [0.29, 0.717) is 5.75 Å². The van der Waals surface area contributed by atoms with Gasteiger partial charge in [-0.1, -0.05) is 17.7 Å². The summed E-state index contributed by atoms with van der Waals surface area (Å²) in [5.41, 5.74) is 6.12. The molecule has 0 saturated heterocycles. The van der Waals surface area contributed by atoms with Gasteiger partial charge >= 0.3 is 11.6 Å². The molecule has 0 spiro atoms. The summed E-state index contributed by atoms with van der Waals surface area (Å²) in [5.74, 6) is 0.390. The number of benzene rings is 1. The highest BCUT2D eigenvalue weighted by Gasteiger charge is 2.25. The summed E-state index contributed by atoms with van der Waals surface area (Å²) >= 11 is 0. The summed E-state index contributed by atoms with van der Waals surface area (Å²) in [5, 5.41) is 11.4. The van der Waals surface area contributed by atoms with Crippen molar-refractivity contribution in [3.05, 3.63) is 46.3 Å². The molecule has 0 atom stereocenters. The summed E-state index contributed by atoms with van der Waals surface area (Å²) in [7, 11) is 0. The van der Waals surface area contributed by atoms with E-state index in [1.54, 1.807) is 12.1 Å². The van der Waals surface area contributed by atoms with Gasteiger partial charge in [-0.25, -0.2) is 10.4 Å². The van der Waals surface area contributed by atoms with Crippen LogP contribution in [0.25, 0.3) is 0 Å². The normalized spacial score (nSPS) is 11.1. The highest BCUT2D eigenvalue weighted by Crippen LogP contribution is 2.33. The Kier molecular flexibility index (Phi) is 4.75. The number of nitro groups is 1.